The minimum atomic E-state index is -0.589. The van der Waals surface area contributed by atoms with E-state index >= 15 is 0 Å². The third kappa shape index (κ3) is 4.74. The molecule has 0 bridgehead atoms. The Bertz CT molecular complexity index is 891. The number of benzene rings is 2. The van der Waals surface area contributed by atoms with Gasteiger partial charge in [0, 0.05) is 31.9 Å². The van der Waals surface area contributed by atoms with E-state index in [1.54, 1.807) is 45.5 Å². The van der Waals surface area contributed by atoms with E-state index in [-0.39, 0.29) is 24.1 Å². The molecule has 1 aliphatic rings. The zero-order valence-electron chi connectivity index (χ0n) is 16.8. The van der Waals surface area contributed by atoms with Crippen LogP contribution in [0.2, 0.25) is 0 Å². The number of imide groups is 1. The van der Waals surface area contributed by atoms with Gasteiger partial charge in [-0.1, -0.05) is 12.1 Å². The van der Waals surface area contributed by atoms with Gasteiger partial charge in [-0.05, 0) is 48.4 Å². The Morgan fingerprint density at radius 2 is 1.76 bits per heavy atom. The molecule has 1 atom stereocenters. The van der Waals surface area contributed by atoms with E-state index in [2.05, 4.69) is 5.32 Å². The molecular formula is C22H25N3O4. The number of hydrogen-bond acceptors (Lipinski definition) is 5. The summed E-state index contributed by atoms with van der Waals surface area (Å²) in [5.74, 6) is 0.274. The Kier molecular flexibility index (Phi) is 6.16. The molecule has 1 heterocycles. The normalized spacial score (nSPS) is 16.1. The Morgan fingerprint density at radius 3 is 2.34 bits per heavy atom. The standard InChI is InChI=1S/C22H25N3O4/c1-24(2)21(27)16-6-8-17(9-7-16)23-19-14-20(26)25(22(19)28)13-12-15-4-10-18(29-3)11-5-15/h4-11,19,23H,12-14H2,1-3H3/t19-/m1/s1. The monoisotopic (exact) mass is 395 g/mol. The Hall–Kier alpha value is -3.35. The van der Waals surface area contributed by atoms with Crippen molar-refractivity contribution in [2.75, 3.05) is 33.1 Å². The first-order valence-corrected chi connectivity index (χ1v) is 9.44. The molecule has 3 rings (SSSR count). The molecule has 1 fully saturated rings. The van der Waals surface area contributed by atoms with E-state index in [0.29, 0.717) is 24.2 Å². The van der Waals surface area contributed by atoms with Crippen LogP contribution in [-0.2, 0) is 16.0 Å². The molecule has 1 aliphatic heterocycles. The number of amides is 3. The van der Waals surface area contributed by atoms with E-state index in [9.17, 15) is 14.4 Å². The van der Waals surface area contributed by atoms with Crippen molar-refractivity contribution in [2.45, 2.75) is 18.9 Å². The van der Waals surface area contributed by atoms with Gasteiger partial charge in [-0.2, -0.15) is 0 Å². The first kappa shape index (κ1) is 20.4. The second kappa shape index (κ2) is 8.77. The van der Waals surface area contributed by atoms with Crippen LogP contribution in [0.5, 0.6) is 5.75 Å². The molecule has 1 N–H and O–H groups in total. The highest BCUT2D eigenvalue weighted by atomic mass is 16.5. The van der Waals surface area contributed by atoms with Gasteiger partial charge in [0.05, 0.1) is 13.5 Å². The van der Waals surface area contributed by atoms with Crippen LogP contribution in [0.15, 0.2) is 48.5 Å². The summed E-state index contributed by atoms with van der Waals surface area (Å²) in [6.45, 7) is 0.346. The molecule has 0 unspecified atom stereocenters. The lowest BCUT2D eigenvalue weighted by molar-refractivity contribution is -0.138. The number of carbonyl (C=O) groups excluding carboxylic acids is 3. The average Bonchev–Trinajstić information content (AvgIpc) is 2.99. The highest BCUT2D eigenvalue weighted by Crippen LogP contribution is 2.20. The summed E-state index contributed by atoms with van der Waals surface area (Å²) in [4.78, 5) is 39.8. The predicted molar refractivity (Wildman–Crippen MR) is 110 cm³/mol. The molecule has 0 aromatic heterocycles. The predicted octanol–water partition coefficient (Wildman–Crippen LogP) is 2.18. The summed E-state index contributed by atoms with van der Waals surface area (Å²) in [6.07, 6.45) is 0.718. The van der Waals surface area contributed by atoms with Crippen LogP contribution < -0.4 is 10.1 Å². The number of rotatable bonds is 7. The van der Waals surface area contributed by atoms with Crippen molar-refractivity contribution in [3.63, 3.8) is 0 Å². The Morgan fingerprint density at radius 1 is 1.10 bits per heavy atom. The van der Waals surface area contributed by atoms with E-state index in [0.717, 1.165) is 11.3 Å². The van der Waals surface area contributed by atoms with Crippen molar-refractivity contribution < 1.29 is 19.1 Å². The van der Waals surface area contributed by atoms with Gasteiger partial charge in [-0.15, -0.1) is 0 Å². The van der Waals surface area contributed by atoms with Gasteiger partial charge in [0.1, 0.15) is 11.8 Å². The molecule has 3 amide bonds. The molecule has 1 saturated heterocycles. The first-order chi connectivity index (χ1) is 13.9. The van der Waals surface area contributed by atoms with Crippen molar-refractivity contribution in [3.8, 4) is 5.75 Å². The van der Waals surface area contributed by atoms with E-state index in [1.165, 1.54) is 9.80 Å². The number of carbonyl (C=O) groups is 3. The molecule has 0 spiro atoms. The highest BCUT2D eigenvalue weighted by molar-refractivity contribution is 6.06. The number of nitrogens with zero attached hydrogens (tertiary/aromatic N) is 2. The fourth-order valence-electron chi connectivity index (χ4n) is 3.23. The lowest BCUT2D eigenvalue weighted by Crippen LogP contribution is -2.36. The van der Waals surface area contributed by atoms with Crippen LogP contribution in [0.1, 0.15) is 22.3 Å². The second-order valence-corrected chi connectivity index (χ2v) is 7.16. The fraction of sp³-hybridized carbons (Fsp3) is 0.318. The number of nitrogens with one attached hydrogen (secondary N) is 1. The quantitative estimate of drug-likeness (QED) is 0.727. The summed E-state index contributed by atoms with van der Waals surface area (Å²) >= 11 is 0. The van der Waals surface area contributed by atoms with E-state index in [4.69, 9.17) is 4.74 Å². The SMILES string of the molecule is COc1ccc(CCN2C(=O)C[C@@H](Nc3ccc(C(=O)N(C)C)cc3)C2=O)cc1. The summed E-state index contributed by atoms with van der Waals surface area (Å²) in [6, 6.07) is 13.9. The maximum Gasteiger partial charge on any atom is 0.253 e. The molecule has 0 saturated carbocycles. The Labute approximate surface area is 170 Å². The van der Waals surface area contributed by atoms with Crippen molar-refractivity contribution in [3.05, 3.63) is 59.7 Å². The molecule has 152 valence electrons. The summed E-state index contributed by atoms with van der Waals surface area (Å²) < 4.78 is 5.14. The molecule has 0 aliphatic carbocycles. The van der Waals surface area contributed by atoms with Crippen molar-refractivity contribution in [1.82, 2.24) is 9.80 Å². The van der Waals surface area contributed by atoms with Crippen molar-refractivity contribution in [2.24, 2.45) is 0 Å². The smallest absolute Gasteiger partial charge is 0.253 e. The van der Waals surface area contributed by atoms with Gasteiger partial charge in [0.25, 0.3) is 11.8 Å². The minimum Gasteiger partial charge on any atom is -0.497 e. The third-order valence-electron chi connectivity index (χ3n) is 4.91. The van der Waals surface area contributed by atoms with Crippen LogP contribution in [0.3, 0.4) is 0 Å². The summed E-state index contributed by atoms with van der Waals surface area (Å²) in [7, 11) is 4.99. The second-order valence-electron chi connectivity index (χ2n) is 7.16. The van der Waals surface area contributed by atoms with Crippen LogP contribution in [0.25, 0.3) is 0 Å². The maximum atomic E-state index is 12.7. The van der Waals surface area contributed by atoms with Crippen molar-refractivity contribution >= 4 is 23.4 Å². The third-order valence-corrected chi connectivity index (χ3v) is 4.91. The van der Waals surface area contributed by atoms with Gasteiger partial charge in [-0.25, -0.2) is 0 Å². The van der Waals surface area contributed by atoms with Gasteiger partial charge in [0.2, 0.25) is 5.91 Å². The first-order valence-electron chi connectivity index (χ1n) is 9.44. The van der Waals surface area contributed by atoms with Gasteiger partial charge in [0.15, 0.2) is 0 Å². The van der Waals surface area contributed by atoms with Crippen LogP contribution in [0, 0.1) is 0 Å². The molecule has 7 heteroatoms. The van der Waals surface area contributed by atoms with Crippen LogP contribution in [-0.4, -0.2) is 61.3 Å². The molecule has 7 nitrogen and oxygen atoms in total. The number of hydrogen-bond donors (Lipinski definition) is 1. The molecule has 29 heavy (non-hydrogen) atoms. The molecule has 2 aromatic carbocycles. The van der Waals surface area contributed by atoms with Gasteiger partial charge >= 0.3 is 0 Å². The minimum absolute atomic E-state index is 0.0895. The van der Waals surface area contributed by atoms with Crippen LogP contribution >= 0.6 is 0 Å². The topological polar surface area (TPSA) is 79.0 Å². The summed E-state index contributed by atoms with van der Waals surface area (Å²) in [5, 5.41) is 3.11. The van der Waals surface area contributed by atoms with Gasteiger partial charge in [-0.3, -0.25) is 19.3 Å². The van der Waals surface area contributed by atoms with Crippen molar-refractivity contribution in [1.29, 1.82) is 0 Å². The van der Waals surface area contributed by atoms with Gasteiger partial charge < -0.3 is 15.0 Å². The fourth-order valence-corrected chi connectivity index (χ4v) is 3.23. The highest BCUT2D eigenvalue weighted by Gasteiger charge is 2.38. The zero-order chi connectivity index (χ0) is 21.0. The Balaban J connectivity index is 1.58. The lowest BCUT2D eigenvalue weighted by atomic mass is 10.1. The number of anilines is 1. The molecule has 2 aromatic rings. The molecule has 0 radical (unpaired) electrons. The number of methoxy groups -OCH3 is 1. The number of ether oxygens (including phenoxy) is 1. The maximum absolute atomic E-state index is 12.7. The van der Waals surface area contributed by atoms with Crippen LogP contribution in [0.4, 0.5) is 5.69 Å². The average molecular weight is 395 g/mol. The summed E-state index contributed by atoms with van der Waals surface area (Å²) in [5.41, 5.74) is 2.29. The largest absolute Gasteiger partial charge is 0.497 e. The van der Waals surface area contributed by atoms with E-state index < -0.39 is 6.04 Å². The lowest BCUT2D eigenvalue weighted by Gasteiger charge is -2.16. The molecular weight excluding hydrogens is 370 g/mol. The van der Waals surface area contributed by atoms with E-state index in [1.807, 2.05) is 24.3 Å². The zero-order valence-corrected chi connectivity index (χ0v) is 16.8. The number of likely N-dealkylation sites (tertiary alicyclic amines) is 1.